The number of rotatable bonds is 3. The van der Waals surface area contributed by atoms with Crippen LogP contribution in [0, 0.1) is 5.41 Å². The molecular weight excluding hydrogens is 309 g/mol. The molecule has 0 spiro atoms. The lowest BCUT2D eigenvalue weighted by Crippen LogP contribution is -2.24. The highest BCUT2D eigenvalue weighted by Gasteiger charge is 2.06. The van der Waals surface area contributed by atoms with Crippen LogP contribution in [0.5, 0.6) is 0 Å². The van der Waals surface area contributed by atoms with Crippen LogP contribution >= 0.6 is 35.0 Å². The van der Waals surface area contributed by atoms with Crippen molar-refractivity contribution in [2.45, 2.75) is 0 Å². The molecule has 1 amide bonds. The van der Waals surface area contributed by atoms with Gasteiger partial charge in [-0.05, 0) is 18.2 Å². The number of amidine groups is 1. The molecule has 9 heteroatoms. The number of thioether (sulfide) groups is 1. The SMILES string of the molecule is N=C(N=C(N)N)SCC(=O)Nc1ccc(Cl)c(Cl)c1. The summed E-state index contributed by atoms with van der Waals surface area (Å²) in [6.45, 7) is 0. The van der Waals surface area contributed by atoms with Crippen LogP contribution < -0.4 is 16.8 Å². The minimum atomic E-state index is -0.307. The summed E-state index contributed by atoms with van der Waals surface area (Å²) < 4.78 is 0. The average Bonchev–Trinajstić information content (AvgIpc) is 2.30. The zero-order chi connectivity index (χ0) is 14.4. The third-order valence-corrected chi connectivity index (χ3v) is 3.28. The summed E-state index contributed by atoms with van der Waals surface area (Å²) in [5.74, 6) is -0.517. The van der Waals surface area contributed by atoms with Crippen molar-refractivity contribution in [1.29, 1.82) is 5.41 Å². The molecule has 102 valence electrons. The molecule has 0 aliphatic rings. The average molecular weight is 320 g/mol. The molecule has 0 atom stereocenters. The number of hydrogen-bond donors (Lipinski definition) is 4. The van der Waals surface area contributed by atoms with E-state index in [2.05, 4.69) is 10.3 Å². The number of hydrogen-bond acceptors (Lipinski definition) is 3. The number of anilines is 1. The van der Waals surface area contributed by atoms with Gasteiger partial charge in [-0.3, -0.25) is 10.2 Å². The molecule has 0 bridgehead atoms. The van der Waals surface area contributed by atoms with Gasteiger partial charge in [0.1, 0.15) is 0 Å². The van der Waals surface area contributed by atoms with Gasteiger partial charge in [0.15, 0.2) is 11.1 Å². The second-order valence-corrected chi connectivity index (χ2v) is 5.09. The van der Waals surface area contributed by atoms with Gasteiger partial charge in [-0.2, -0.15) is 4.99 Å². The van der Waals surface area contributed by atoms with Gasteiger partial charge in [-0.1, -0.05) is 35.0 Å². The first-order valence-corrected chi connectivity index (χ1v) is 6.68. The first-order chi connectivity index (χ1) is 8.88. The molecule has 0 aliphatic carbocycles. The van der Waals surface area contributed by atoms with Crippen molar-refractivity contribution in [3.8, 4) is 0 Å². The van der Waals surface area contributed by atoms with Crippen LogP contribution in [0.2, 0.25) is 10.0 Å². The van der Waals surface area contributed by atoms with Crippen LogP contribution in [-0.4, -0.2) is 22.8 Å². The van der Waals surface area contributed by atoms with Crippen LogP contribution in [0.3, 0.4) is 0 Å². The Morgan fingerprint density at radius 2 is 2.05 bits per heavy atom. The van der Waals surface area contributed by atoms with E-state index in [1.54, 1.807) is 12.1 Å². The molecule has 1 rings (SSSR count). The predicted octanol–water partition coefficient (Wildman–Crippen LogP) is 1.87. The molecule has 19 heavy (non-hydrogen) atoms. The molecule has 0 aromatic heterocycles. The number of guanidine groups is 1. The lowest BCUT2D eigenvalue weighted by Gasteiger charge is -2.05. The lowest BCUT2D eigenvalue weighted by atomic mass is 10.3. The molecule has 1 aromatic rings. The lowest BCUT2D eigenvalue weighted by molar-refractivity contribution is -0.113. The smallest absolute Gasteiger partial charge is 0.234 e. The number of amides is 1. The largest absolute Gasteiger partial charge is 0.370 e. The summed E-state index contributed by atoms with van der Waals surface area (Å²) in [5.41, 5.74) is 10.7. The Bertz CT molecular complexity index is 531. The van der Waals surface area contributed by atoms with E-state index in [1.807, 2.05) is 0 Å². The van der Waals surface area contributed by atoms with Crippen LogP contribution in [0.4, 0.5) is 5.69 Å². The van der Waals surface area contributed by atoms with Crippen molar-refractivity contribution in [2.75, 3.05) is 11.1 Å². The molecule has 0 heterocycles. The van der Waals surface area contributed by atoms with Crippen LogP contribution in [0.25, 0.3) is 0 Å². The van der Waals surface area contributed by atoms with Crippen molar-refractivity contribution in [3.63, 3.8) is 0 Å². The fraction of sp³-hybridized carbons (Fsp3) is 0.100. The zero-order valence-electron chi connectivity index (χ0n) is 9.61. The van der Waals surface area contributed by atoms with Crippen molar-refractivity contribution in [3.05, 3.63) is 28.2 Å². The van der Waals surface area contributed by atoms with E-state index in [4.69, 9.17) is 40.1 Å². The third kappa shape index (κ3) is 5.82. The maximum Gasteiger partial charge on any atom is 0.234 e. The Hall–Kier alpha value is -1.44. The van der Waals surface area contributed by atoms with E-state index in [-0.39, 0.29) is 22.8 Å². The summed E-state index contributed by atoms with van der Waals surface area (Å²) in [4.78, 5) is 15.1. The highest BCUT2D eigenvalue weighted by Crippen LogP contribution is 2.25. The van der Waals surface area contributed by atoms with E-state index >= 15 is 0 Å². The van der Waals surface area contributed by atoms with E-state index in [0.717, 1.165) is 11.8 Å². The van der Waals surface area contributed by atoms with Crippen LogP contribution in [-0.2, 0) is 4.79 Å². The number of aliphatic imine (C=N–C) groups is 1. The molecule has 0 saturated heterocycles. The summed E-state index contributed by atoms with van der Waals surface area (Å²) >= 11 is 12.5. The monoisotopic (exact) mass is 319 g/mol. The molecular formula is C10H11Cl2N5OS. The number of halogens is 2. The highest BCUT2D eigenvalue weighted by molar-refractivity contribution is 8.14. The number of carbonyl (C=O) groups excluding carboxylic acids is 1. The maximum atomic E-state index is 11.6. The summed E-state index contributed by atoms with van der Waals surface area (Å²) in [6.07, 6.45) is 0. The molecule has 0 fully saturated rings. The molecule has 0 aliphatic heterocycles. The van der Waals surface area contributed by atoms with Gasteiger partial charge in [0.2, 0.25) is 5.91 Å². The van der Waals surface area contributed by atoms with Gasteiger partial charge < -0.3 is 16.8 Å². The Balaban J connectivity index is 2.49. The predicted molar refractivity (Wildman–Crippen MR) is 81.1 cm³/mol. The fourth-order valence-corrected chi connectivity index (χ4v) is 1.86. The standard InChI is InChI=1S/C10H11Cl2N5OS/c11-6-2-1-5(3-7(6)12)16-8(18)4-19-10(15)17-9(13)14/h1-3H,4H2,(H,16,18)(H5,13,14,15,17). The molecule has 1 aromatic carbocycles. The number of carbonyl (C=O) groups is 1. The molecule has 0 unspecified atom stereocenters. The van der Waals surface area contributed by atoms with Crippen molar-refractivity contribution in [1.82, 2.24) is 0 Å². The molecule has 0 saturated carbocycles. The first-order valence-electron chi connectivity index (χ1n) is 4.94. The fourth-order valence-electron chi connectivity index (χ4n) is 1.05. The number of benzene rings is 1. The molecule has 6 nitrogen and oxygen atoms in total. The number of nitrogens with one attached hydrogen (secondary N) is 2. The Morgan fingerprint density at radius 3 is 2.63 bits per heavy atom. The van der Waals surface area contributed by atoms with Crippen molar-refractivity contribution >= 4 is 57.7 Å². The minimum Gasteiger partial charge on any atom is -0.370 e. The van der Waals surface area contributed by atoms with Crippen LogP contribution in [0.15, 0.2) is 23.2 Å². The zero-order valence-corrected chi connectivity index (χ0v) is 11.9. The second-order valence-electron chi connectivity index (χ2n) is 3.31. The second kappa shape index (κ2) is 7.22. The Labute approximate surface area is 124 Å². The van der Waals surface area contributed by atoms with Gasteiger partial charge in [0.05, 0.1) is 15.8 Å². The molecule has 0 radical (unpaired) electrons. The Kier molecular flexibility index (Phi) is 5.94. The Morgan fingerprint density at radius 1 is 1.37 bits per heavy atom. The van der Waals surface area contributed by atoms with E-state index in [0.29, 0.717) is 15.7 Å². The molecule has 6 N–H and O–H groups in total. The van der Waals surface area contributed by atoms with Gasteiger partial charge in [0, 0.05) is 5.69 Å². The van der Waals surface area contributed by atoms with Gasteiger partial charge in [0.25, 0.3) is 0 Å². The van der Waals surface area contributed by atoms with E-state index in [1.165, 1.54) is 6.07 Å². The summed E-state index contributed by atoms with van der Waals surface area (Å²) in [5, 5.41) is 10.6. The van der Waals surface area contributed by atoms with Gasteiger partial charge in [-0.25, -0.2) is 0 Å². The van der Waals surface area contributed by atoms with Gasteiger partial charge >= 0.3 is 0 Å². The van der Waals surface area contributed by atoms with Gasteiger partial charge in [-0.15, -0.1) is 0 Å². The maximum absolute atomic E-state index is 11.6. The highest BCUT2D eigenvalue weighted by atomic mass is 35.5. The topological polar surface area (TPSA) is 117 Å². The number of nitrogens with zero attached hydrogens (tertiary/aromatic N) is 1. The van der Waals surface area contributed by atoms with E-state index in [9.17, 15) is 4.79 Å². The summed E-state index contributed by atoms with van der Waals surface area (Å²) in [7, 11) is 0. The van der Waals surface area contributed by atoms with Crippen molar-refractivity contribution < 1.29 is 4.79 Å². The normalized spacial score (nSPS) is 9.79. The summed E-state index contributed by atoms with van der Waals surface area (Å²) in [6, 6.07) is 4.74. The van der Waals surface area contributed by atoms with Crippen LogP contribution in [0.1, 0.15) is 0 Å². The minimum absolute atomic E-state index is 0.00978. The third-order valence-electron chi connectivity index (χ3n) is 1.77. The quantitative estimate of drug-likeness (QED) is 0.502. The van der Waals surface area contributed by atoms with Crippen molar-refractivity contribution in [2.24, 2.45) is 16.5 Å². The van der Waals surface area contributed by atoms with E-state index < -0.39 is 0 Å². The number of nitrogens with two attached hydrogens (primary N) is 2. The first kappa shape index (κ1) is 15.6.